The summed E-state index contributed by atoms with van der Waals surface area (Å²) >= 11 is 2.93. The molecule has 0 radical (unpaired) electrons. The molecule has 132 valence electrons. The number of ether oxygens (including phenoxy) is 1. The van der Waals surface area contributed by atoms with Crippen molar-refractivity contribution in [1.82, 2.24) is 4.90 Å². The van der Waals surface area contributed by atoms with E-state index in [0.717, 1.165) is 6.07 Å². The molecule has 0 saturated carbocycles. The van der Waals surface area contributed by atoms with E-state index >= 15 is 0 Å². The van der Waals surface area contributed by atoms with Crippen molar-refractivity contribution in [1.29, 1.82) is 0 Å². The van der Waals surface area contributed by atoms with Crippen LogP contribution >= 0.6 is 15.9 Å². The van der Waals surface area contributed by atoms with E-state index < -0.39 is 35.0 Å². The van der Waals surface area contributed by atoms with Gasteiger partial charge in [-0.1, -0.05) is 0 Å². The lowest BCUT2D eigenvalue weighted by atomic mass is 9.96. The van der Waals surface area contributed by atoms with Crippen LogP contribution in [-0.2, 0) is 15.7 Å². The summed E-state index contributed by atoms with van der Waals surface area (Å²) in [6.45, 7) is 0.279. The van der Waals surface area contributed by atoms with Crippen molar-refractivity contribution >= 4 is 27.8 Å². The monoisotopic (exact) mass is 411 g/mol. The number of carbonyl (C=O) groups is 2. The first-order chi connectivity index (χ1) is 11.2. The highest BCUT2D eigenvalue weighted by atomic mass is 79.9. The summed E-state index contributed by atoms with van der Waals surface area (Å²) in [4.78, 5) is 25.1. The van der Waals surface area contributed by atoms with E-state index in [-0.39, 0.29) is 23.5 Å². The van der Waals surface area contributed by atoms with Gasteiger partial charge in [-0.05, 0) is 40.9 Å². The maximum absolute atomic E-state index is 14.2. The number of alkyl halides is 3. The molecule has 0 bridgehead atoms. The molecule has 1 aliphatic heterocycles. The lowest BCUT2D eigenvalue weighted by Gasteiger charge is -2.31. The topological polar surface area (TPSA) is 46.6 Å². The van der Waals surface area contributed by atoms with Gasteiger partial charge in [-0.15, -0.1) is 0 Å². The Morgan fingerprint density at radius 2 is 1.83 bits per heavy atom. The summed E-state index contributed by atoms with van der Waals surface area (Å²) in [5.74, 6) is -3.20. The molecule has 0 aliphatic carbocycles. The second kappa shape index (κ2) is 7.08. The fourth-order valence-electron chi connectivity index (χ4n) is 2.61. The summed E-state index contributed by atoms with van der Waals surface area (Å²) < 4.78 is 57.2. The molecule has 1 aliphatic rings. The molecular weight excluding hydrogens is 398 g/mol. The Bertz CT molecular complexity index is 655. The van der Waals surface area contributed by atoms with Crippen LogP contribution in [0.3, 0.4) is 0 Å². The molecular formula is C15H14BrF4NO3. The average molecular weight is 412 g/mol. The normalized spacial score (nSPS) is 16.2. The van der Waals surface area contributed by atoms with Gasteiger partial charge >= 0.3 is 12.1 Å². The van der Waals surface area contributed by atoms with Crippen molar-refractivity contribution in [2.24, 2.45) is 5.92 Å². The van der Waals surface area contributed by atoms with E-state index in [4.69, 9.17) is 0 Å². The molecule has 1 saturated heterocycles. The Kier molecular flexibility index (Phi) is 5.52. The van der Waals surface area contributed by atoms with Gasteiger partial charge in [-0.2, -0.15) is 13.2 Å². The summed E-state index contributed by atoms with van der Waals surface area (Å²) in [6.07, 6.45) is -4.26. The molecule has 9 heteroatoms. The number of amides is 1. The zero-order valence-electron chi connectivity index (χ0n) is 12.6. The van der Waals surface area contributed by atoms with Gasteiger partial charge in [-0.25, -0.2) is 4.39 Å². The van der Waals surface area contributed by atoms with Crippen LogP contribution in [0, 0.1) is 11.7 Å². The maximum atomic E-state index is 14.2. The van der Waals surface area contributed by atoms with E-state index in [0.29, 0.717) is 18.9 Å². The summed E-state index contributed by atoms with van der Waals surface area (Å²) in [5.41, 5.74) is -2.14. The standard InChI is InChI=1S/C15H14BrF4NO3/c1-24-14(23)8-4-6-21(7-5-8)13(22)11-10(16)3-2-9(12(11)17)15(18,19)20/h2-3,8H,4-7H2,1H3. The molecule has 24 heavy (non-hydrogen) atoms. The molecule has 0 N–H and O–H groups in total. The average Bonchev–Trinajstić information content (AvgIpc) is 2.52. The number of halogens is 5. The fourth-order valence-corrected chi connectivity index (χ4v) is 3.09. The van der Waals surface area contributed by atoms with Gasteiger partial charge in [0.15, 0.2) is 0 Å². The van der Waals surface area contributed by atoms with Crippen molar-refractivity contribution in [2.75, 3.05) is 20.2 Å². The largest absolute Gasteiger partial charge is 0.469 e. The van der Waals surface area contributed by atoms with Crippen LogP contribution in [0.1, 0.15) is 28.8 Å². The number of hydrogen-bond donors (Lipinski definition) is 0. The third-order valence-electron chi connectivity index (χ3n) is 3.93. The minimum Gasteiger partial charge on any atom is -0.469 e. The van der Waals surface area contributed by atoms with Crippen LogP contribution < -0.4 is 0 Å². The van der Waals surface area contributed by atoms with E-state index in [1.165, 1.54) is 12.0 Å². The van der Waals surface area contributed by atoms with Crippen molar-refractivity contribution in [2.45, 2.75) is 19.0 Å². The van der Waals surface area contributed by atoms with Crippen molar-refractivity contribution < 1.29 is 31.9 Å². The van der Waals surface area contributed by atoms with Gasteiger partial charge in [0.25, 0.3) is 5.91 Å². The van der Waals surface area contributed by atoms with Crippen LogP contribution in [0.4, 0.5) is 17.6 Å². The number of hydrogen-bond acceptors (Lipinski definition) is 3. The highest BCUT2D eigenvalue weighted by molar-refractivity contribution is 9.10. The molecule has 0 atom stereocenters. The molecule has 1 aromatic carbocycles. The first kappa shape index (κ1) is 18.7. The molecule has 1 amide bonds. The zero-order chi connectivity index (χ0) is 18.1. The Labute approximate surface area is 143 Å². The predicted molar refractivity (Wildman–Crippen MR) is 79.7 cm³/mol. The highest BCUT2D eigenvalue weighted by Gasteiger charge is 2.38. The maximum Gasteiger partial charge on any atom is 0.419 e. The van der Waals surface area contributed by atoms with Crippen LogP contribution in [0.2, 0.25) is 0 Å². The quantitative estimate of drug-likeness (QED) is 0.551. The smallest absolute Gasteiger partial charge is 0.419 e. The summed E-state index contributed by atoms with van der Waals surface area (Å²) in [7, 11) is 1.26. The third kappa shape index (κ3) is 3.71. The molecule has 0 spiro atoms. The Hall–Kier alpha value is -1.64. The Balaban J connectivity index is 2.24. The summed E-state index contributed by atoms with van der Waals surface area (Å²) in [5, 5.41) is 0. The highest BCUT2D eigenvalue weighted by Crippen LogP contribution is 2.35. The van der Waals surface area contributed by atoms with Gasteiger partial charge in [0, 0.05) is 17.6 Å². The lowest BCUT2D eigenvalue weighted by Crippen LogP contribution is -2.41. The second-order valence-electron chi connectivity index (χ2n) is 5.37. The van der Waals surface area contributed by atoms with E-state index in [1.54, 1.807) is 0 Å². The van der Waals surface area contributed by atoms with Gasteiger partial charge in [0.2, 0.25) is 0 Å². The number of nitrogens with zero attached hydrogens (tertiary/aromatic N) is 1. The molecule has 4 nitrogen and oxygen atoms in total. The van der Waals surface area contributed by atoms with Crippen LogP contribution in [0.25, 0.3) is 0 Å². The second-order valence-corrected chi connectivity index (χ2v) is 6.23. The van der Waals surface area contributed by atoms with Gasteiger partial charge in [0.05, 0.1) is 24.2 Å². The number of methoxy groups -OCH3 is 1. The SMILES string of the molecule is COC(=O)C1CCN(C(=O)c2c(Br)ccc(C(F)(F)F)c2F)CC1. The minimum atomic E-state index is -4.89. The van der Waals surface area contributed by atoms with Crippen LogP contribution in [-0.4, -0.2) is 37.0 Å². The van der Waals surface area contributed by atoms with Crippen LogP contribution in [0.5, 0.6) is 0 Å². The molecule has 1 heterocycles. The molecule has 1 fully saturated rings. The van der Waals surface area contributed by atoms with E-state index in [9.17, 15) is 27.2 Å². The summed E-state index contributed by atoms with van der Waals surface area (Å²) in [6, 6.07) is 1.58. The van der Waals surface area contributed by atoms with Crippen LogP contribution in [0.15, 0.2) is 16.6 Å². The Morgan fingerprint density at radius 3 is 2.33 bits per heavy atom. The predicted octanol–water partition coefficient (Wildman–Crippen LogP) is 3.63. The van der Waals surface area contributed by atoms with Gasteiger partial charge < -0.3 is 9.64 Å². The number of likely N-dealkylation sites (tertiary alicyclic amines) is 1. The molecule has 1 aromatic rings. The van der Waals surface area contributed by atoms with Crippen molar-refractivity contribution in [3.8, 4) is 0 Å². The van der Waals surface area contributed by atoms with E-state index in [2.05, 4.69) is 20.7 Å². The van der Waals surface area contributed by atoms with Crippen molar-refractivity contribution in [3.63, 3.8) is 0 Å². The first-order valence-electron chi connectivity index (χ1n) is 7.09. The number of benzene rings is 1. The number of carbonyl (C=O) groups excluding carboxylic acids is 2. The zero-order valence-corrected chi connectivity index (χ0v) is 14.2. The lowest BCUT2D eigenvalue weighted by molar-refractivity contribution is -0.147. The number of esters is 1. The van der Waals surface area contributed by atoms with Crippen molar-refractivity contribution in [3.05, 3.63) is 33.5 Å². The Morgan fingerprint density at radius 1 is 1.25 bits per heavy atom. The number of piperidine rings is 1. The molecule has 2 rings (SSSR count). The third-order valence-corrected chi connectivity index (χ3v) is 4.59. The first-order valence-corrected chi connectivity index (χ1v) is 7.88. The molecule has 0 aromatic heterocycles. The number of rotatable bonds is 2. The fraction of sp³-hybridized carbons (Fsp3) is 0.467. The van der Waals surface area contributed by atoms with Gasteiger partial charge in [-0.3, -0.25) is 9.59 Å². The molecule has 0 unspecified atom stereocenters. The minimum absolute atomic E-state index is 0.0481. The van der Waals surface area contributed by atoms with Gasteiger partial charge in [0.1, 0.15) is 5.82 Å². The van der Waals surface area contributed by atoms with E-state index in [1.807, 2.05) is 0 Å².